The van der Waals surface area contributed by atoms with Crippen LogP contribution in [0.15, 0.2) is 24.3 Å². The van der Waals surface area contributed by atoms with E-state index < -0.39 is 0 Å². The predicted molar refractivity (Wildman–Crippen MR) is 74.2 cm³/mol. The van der Waals surface area contributed by atoms with E-state index in [1.165, 1.54) is 0 Å². The van der Waals surface area contributed by atoms with Gasteiger partial charge in [0.25, 0.3) is 0 Å². The zero-order valence-electron chi connectivity index (χ0n) is 9.39. The Hall–Kier alpha value is -0.760. The van der Waals surface area contributed by atoms with Gasteiger partial charge in [-0.3, -0.25) is 4.98 Å². The third-order valence-electron chi connectivity index (χ3n) is 2.64. The van der Waals surface area contributed by atoms with Crippen molar-refractivity contribution < 1.29 is 0 Å². The van der Waals surface area contributed by atoms with E-state index in [1.54, 1.807) is 12.1 Å². The van der Waals surface area contributed by atoms with E-state index in [0.717, 1.165) is 22.5 Å². The Labute approximate surface area is 115 Å². The second-order valence-corrected chi connectivity index (χ2v) is 5.07. The highest BCUT2D eigenvalue weighted by atomic mass is 35.5. The second-order valence-electron chi connectivity index (χ2n) is 3.84. The van der Waals surface area contributed by atoms with Crippen molar-refractivity contribution in [2.24, 2.45) is 0 Å². The van der Waals surface area contributed by atoms with Crippen molar-refractivity contribution >= 4 is 34.8 Å². The van der Waals surface area contributed by atoms with Gasteiger partial charge in [-0.25, -0.2) is 0 Å². The quantitative estimate of drug-likeness (QED) is 0.646. The summed E-state index contributed by atoms with van der Waals surface area (Å²) in [5.41, 5.74) is 3.72. The molecule has 88 valence electrons. The van der Waals surface area contributed by atoms with E-state index in [9.17, 15) is 0 Å². The Balaban J connectivity index is 2.60. The van der Waals surface area contributed by atoms with Gasteiger partial charge in [0.15, 0.2) is 0 Å². The summed E-state index contributed by atoms with van der Waals surface area (Å²) in [6.45, 7) is 3.98. The van der Waals surface area contributed by atoms with Gasteiger partial charge in [-0.15, -0.1) is 0 Å². The fraction of sp³-hybridized carbons (Fsp3) is 0.154. The van der Waals surface area contributed by atoms with Crippen LogP contribution in [-0.2, 0) is 0 Å². The largest absolute Gasteiger partial charge is 0.253 e. The molecule has 2 rings (SSSR count). The van der Waals surface area contributed by atoms with Crippen LogP contribution in [0.5, 0.6) is 0 Å². The van der Waals surface area contributed by atoms with Crippen molar-refractivity contribution in [1.29, 1.82) is 0 Å². The van der Waals surface area contributed by atoms with Crippen molar-refractivity contribution in [3.05, 3.63) is 50.6 Å². The molecule has 0 aliphatic carbocycles. The highest BCUT2D eigenvalue weighted by molar-refractivity contribution is 6.44. The third kappa shape index (κ3) is 2.57. The summed E-state index contributed by atoms with van der Waals surface area (Å²) in [4.78, 5) is 4.49. The first-order chi connectivity index (χ1) is 7.99. The number of aromatic nitrogens is 1. The number of nitrogens with zero attached hydrogens (tertiary/aromatic N) is 1. The SMILES string of the molecule is Cc1ccc(-c2cc(Cl)c(Cl)cc2Cl)nc1C. The Bertz CT molecular complexity index is 579. The van der Waals surface area contributed by atoms with Crippen LogP contribution in [0, 0.1) is 13.8 Å². The summed E-state index contributed by atoms with van der Waals surface area (Å²) in [5, 5.41) is 1.48. The molecule has 0 aliphatic rings. The van der Waals surface area contributed by atoms with Gasteiger partial charge in [0.2, 0.25) is 0 Å². The molecule has 0 N–H and O–H groups in total. The molecule has 0 saturated carbocycles. The zero-order valence-corrected chi connectivity index (χ0v) is 11.7. The molecule has 0 fully saturated rings. The van der Waals surface area contributed by atoms with Gasteiger partial charge in [0.1, 0.15) is 0 Å². The highest BCUT2D eigenvalue weighted by Crippen LogP contribution is 2.34. The number of halogens is 3. The molecule has 0 unspecified atom stereocenters. The van der Waals surface area contributed by atoms with Crippen molar-refractivity contribution in [3.63, 3.8) is 0 Å². The maximum Gasteiger partial charge on any atom is 0.0720 e. The van der Waals surface area contributed by atoms with Crippen molar-refractivity contribution in [1.82, 2.24) is 4.98 Å². The number of aryl methyl sites for hydroxylation is 2. The lowest BCUT2D eigenvalue weighted by atomic mass is 10.1. The van der Waals surface area contributed by atoms with E-state index in [-0.39, 0.29) is 0 Å². The van der Waals surface area contributed by atoms with Crippen molar-refractivity contribution in [2.45, 2.75) is 13.8 Å². The van der Waals surface area contributed by atoms with E-state index in [2.05, 4.69) is 4.98 Å². The lowest BCUT2D eigenvalue weighted by molar-refractivity contribution is 1.15. The lowest BCUT2D eigenvalue weighted by Gasteiger charge is -2.08. The van der Waals surface area contributed by atoms with Crippen LogP contribution in [-0.4, -0.2) is 4.98 Å². The average molecular weight is 287 g/mol. The topological polar surface area (TPSA) is 12.9 Å². The lowest BCUT2D eigenvalue weighted by Crippen LogP contribution is -1.91. The molecular formula is C13H10Cl3N. The van der Waals surface area contributed by atoms with Gasteiger partial charge >= 0.3 is 0 Å². The molecule has 0 amide bonds. The molecule has 17 heavy (non-hydrogen) atoms. The molecular weight excluding hydrogens is 277 g/mol. The van der Waals surface area contributed by atoms with Crippen LogP contribution in [0.1, 0.15) is 11.3 Å². The Morgan fingerprint density at radius 3 is 2.18 bits per heavy atom. The average Bonchev–Trinajstić information content (AvgIpc) is 2.27. The summed E-state index contributed by atoms with van der Waals surface area (Å²) >= 11 is 18.0. The first-order valence-corrected chi connectivity index (χ1v) is 6.21. The normalized spacial score (nSPS) is 10.6. The molecule has 4 heteroatoms. The van der Waals surface area contributed by atoms with Gasteiger partial charge in [-0.2, -0.15) is 0 Å². The Morgan fingerprint density at radius 1 is 0.882 bits per heavy atom. The van der Waals surface area contributed by atoms with Gasteiger partial charge in [0, 0.05) is 11.3 Å². The van der Waals surface area contributed by atoms with E-state index >= 15 is 0 Å². The van der Waals surface area contributed by atoms with Crippen molar-refractivity contribution in [3.8, 4) is 11.3 Å². The number of hydrogen-bond acceptors (Lipinski definition) is 1. The van der Waals surface area contributed by atoms with E-state index in [4.69, 9.17) is 34.8 Å². The predicted octanol–water partition coefficient (Wildman–Crippen LogP) is 5.33. The second kappa shape index (κ2) is 4.85. The smallest absolute Gasteiger partial charge is 0.0720 e. The first-order valence-electron chi connectivity index (χ1n) is 5.08. The number of benzene rings is 1. The molecule has 1 aromatic heterocycles. The third-order valence-corrected chi connectivity index (χ3v) is 3.67. The standard InChI is InChI=1S/C13H10Cl3N/c1-7-3-4-13(17-8(7)2)9-5-11(15)12(16)6-10(9)14/h3-6H,1-2H3. The minimum Gasteiger partial charge on any atom is -0.253 e. The van der Waals surface area contributed by atoms with E-state index in [0.29, 0.717) is 15.1 Å². The van der Waals surface area contributed by atoms with Crippen LogP contribution in [0.25, 0.3) is 11.3 Å². The van der Waals surface area contributed by atoms with Gasteiger partial charge < -0.3 is 0 Å². The number of hydrogen-bond donors (Lipinski definition) is 0. The molecule has 0 atom stereocenters. The highest BCUT2D eigenvalue weighted by Gasteiger charge is 2.09. The van der Waals surface area contributed by atoms with Crippen LogP contribution in [0.4, 0.5) is 0 Å². The first kappa shape index (κ1) is 12.7. The van der Waals surface area contributed by atoms with Crippen LogP contribution < -0.4 is 0 Å². The summed E-state index contributed by atoms with van der Waals surface area (Å²) in [7, 11) is 0. The summed E-state index contributed by atoms with van der Waals surface area (Å²) < 4.78 is 0. The molecule has 0 radical (unpaired) electrons. The van der Waals surface area contributed by atoms with Gasteiger partial charge in [-0.05, 0) is 37.6 Å². The minimum atomic E-state index is 0.448. The zero-order chi connectivity index (χ0) is 12.6. The molecule has 1 heterocycles. The summed E-state index contributed by atoms with van der Waals surface area (Å²) in [5.74, 6) is 0. The maximum absolute atomic E-state index is 6.15. The fourth-order valence-electron chi connectivity index (χ4n) is 1.50. The fourth-order valence-corrected chi connectivity index (χ4v) is 2.14. The Kier molecular flexibility index (Phi) is 3.62. The molecule has 0 spiro atoms. The molecule has 1 aromatic carbocycles. The van der Waals surface area contributed by atoms with Gasteiger partial charge in [-0.1, -0.05) is 40.9 Å². The van der Waals surface area contributed by atoms with E-state index in [1.807, 2.05) is 26.0 Å². The van der Waals surface area contributed by atoms with Crippen LogP contribution in [0.3, 0.4) is 0 Å². The van der Waals surface area contributed by atoms with Crippen molar-refractivity contribution in [2.75, 3.05) is 0 Å². The maximum atomic E-state index is 6.15. The molecule has 0 bridgehead atoms. The van der Waals surface area contributed by atoms with Crippen LogP contribution in [0.2, 0.25) is 15.1 Å². The van der Waals surface area contributed by atoms with Gasteiger partial charge in [0.05, 0.1) is 20.8 Å². The molecule has 2 aromatic rings. The Morgan fingerprint density at radius 2 is 1.53 bits per heavy atom. The summed E-state index contributed by atoms with van der Waals surface area (Å²) in [6.07, 6.45) is 0. The minimum absolute atomic E-state index is 0.448. The summed E-state index contributed by atoms with van der Waals surface area (Å²) in [6, 6.07) is 7.31. The molecule has 0 aliphatic heterocycles. The number of pyridine rings is 1. The molecule has 0 saturated heterocycles. The van der Waals surface area contributed by atoms with Crippen LogP contribution >= 0.6 is 34.8 Å². The monoisotopic (exact) mass is 285 g/mol. The molecule has 1 nitrogen and oxygen atoms in total. The number of rotatable bonds is 1.